The van der Waals surface area contributed by atoms with E-state index in [1.165, 1.54) is 0 Å². The van der Waals surface area contributed by atoms with Gasteiger partial charge in [-0.05, 0) is 38.0 Å². The van der Waals surface area contributed by atoms with Crippen LogP contribution in [0.2, 0.25) is 0 Å². The second-order valence-electron chi connectivity index (χ2n) is 4.87. The fraction of sp³-hybridized carbons (Fsp3) is 0.467. The van der Waals surface area contributed by atoms with Crippen molar-refractivity contribution in [2.75, 3.05) is 5.73 Å². The Labute approximate surface area is 119 Å². The third-order valence-corrected chi connectivity index (χ3v) is 2.98. The lowest BCUT2D eigenvalue weighted by atomic mass is 10.1. The minimum atomic E-state index is -0.794. The number of anilines is 1. The van der Waals surface area contributed by atoms with Gasteiger partial charge in [-0.15, -0.1) is 0 Å². The summed E-state index contributed by atoms with van der Waals surface area (Å²) in [5.74, 6) is -0.720. The van der Waals surface area contributed by atoms with Gasteiger partial charge in [0.2, 0.25) is 0 Å². The van der Waals surface area contributed by atoms with Crippen LogP contribution in [0.5, 0.6) is 0 Å². The number of amides is 1. The van der Waals surface area contributed by atoms with E-state index < -0.39 is 12.1 Å². The molecular weight excluding hydrogens is 256 g/mol. The number of ether oxygens (including phenoxy) is 1. The van der Waals surface area contributed by atoms with Crippen molar-refractivity contribution < 1.29 is 14.3 Å². The molecule has 1 amide bonds. The Morgan fingerprint density at radius 3 is 2.65 bits per heavy atom. The molecule has 0 aliphatic heterocycles. The van der Waals surface area contributed by atoms with E-state index in [9.17, 15) is 9.59 Å². The molecule has 0 fully saturated rings. The highest BCUT2D eigenvalue weighted by Gasteiger charge is 2.19. The van der Waals surface area contributed by atoms with Gasteiger partial charge in [0.15, 0.2) is 6.10 Å². The summed E-state index contributed by atoms with van der Waals surface area (Å²) >= 11 is 0. The standard InChI is InChI=1S/C15H22N2O3/c1-4-10(2)17-15(19)11(3)20-14(18)9-12-6-5-7-13(16)8-12/h5-8,10-11H,4,9,16H2,1-3H3,(H,17,19). The van der Waals surface area contributed by atoms with Crippen molar-refractivity contribution in [3.05, 3.63) is 29.8 Å². The number of carbonyl (C=O) groups is 2. The molecule has 2 unspecified atom stereocenters. The van der Waals surface area contributed by atoms with Crippen molar-refractivity contribution >= 4 is 17.6 Å². The van der Waals surface area contributed by atoms with Gasteiger partial charge >= 0.3 is 5.97 Å². The number of esters is 1. The molecule has 5 nitrogen and oxygen atoms in total. The fourth-order valence-electron chi connectivity index (χ4n) is 1.62. The van der Waals surface area contributed by atoms with Crippen LogP contribution in [0, 0.1) is 0 Å². The second kappa shape index (κ2) is 7.53. The predicted octanol–water partition coefficient (Wildman–Crippen LogP) is 1.66. The minimum absolute atomic E-state index is 0.0672. The first-order valence-corrected chi connectivity index (χ1v) is 6.76. The zero-order chi connectivity index (χ0) is 15.1. The molecule has 0 saturated carbocycles. The molecule has 3 N–H and O–H groups in total. The number of nitrogens with one attached hydrogen (secondary N) is 1. The summed E-state index contributed by atoms with van der Waals surface area (Å²) in [5.41, 5.74) is 7.00. The van der Waals surface area contributed by atoms with E-state index in [2.05, 4.69) is 5.32 Å². The molecule has 0 aromatic heterocycles. The Morgan fingerprint density at radius 1 is 1.35 bits per heavy atom. The molecule has 0 radical (unpaired) electrons. The molecule has 0 aliphatic carbocycles. The van der Waals surface area contributed by atoms with Crippen molar-refractivity contribution in [1.29, 1.82) is 0 Å². The minimum Gasteiger partial charge on any atom is -0.452 e. The number of nitrogen functional groups attached to an aromatic ring is 1. The first-order chi connectivity index (χ1) is 9.42. The van der Waals surface area contributed by atoms with Gasteiger partial charge in [-0.3, -0.25) is 9.59 Å². The molecule has 0 aliphatic rings. The Kier molecular flexibility index (Phi) is 6.03. The monoisotopic (exact) mass is 278 g/mol. The van der Waals surface area contributed by atoms with E-state index in [-0.39, 0.29) is 18.4 Å². The average Bonchev–Trinajstić information content (AvgIpc) is 2.38. The van der Waals surface area contributed by atoms with Crippen LogP contribution in [0.15, 0.2) is 24.3 Å². The smallest absolute Gasteiger partial charge is 0.311 e. The normalized spacial score (nSPS) is 13.3. The van der Waals surface area contributed by atoms with Crippen LogP contribution in [0.3, 0.4) is 0 Å². The maximum atomic E-state index is 11.8. The lowest BCUT2D eigenvalue weighted by molar-refractivity contribution is -0.154. The molecule has 0 bridgehead atoms. The molecule has 0 saturated heterocycles. The molecule has 2 atom stereocenters. The zero-order valence-corrected chi connectivity index (χ0v) is 12.2. The van der Waals surface area contributed by atoms with E-state index >= 15 is 0 Å². The fourth-order valence-corrected chi connectivity index (χ4v) is 1.62. The average molecular weight is 278 g/mol. The van der Waals surface area contributed by atoms with Gasteiger partial charge in [0, 0.05) is 11.7 Å². The lowest BCUT2D eigenvalue weighted by Crippen LogP contribution is -2.40. The number of benzene rings is 1. The number of hydrogen-bond acceptors (Lipinski definition) is 4. The van der Waals surface area contributed by atoms with Crippen LogP contribution < -0.4 is 11.1 Å². The third kappa shape index (κ3) is 5.30. The maximum Gasteiger partial charge on any atom is 0.311 e. The van der Waals surface area contributed by atoms with Crippen LogP contribution in [0.1, 0.15) is 32.8 Å². The highest BCUT2D eigenvalue weighted by Crippen LogP contribution is 2.08. The number of hydrogen-bond donors (Lipinski definition) is 2. The van der Waals surface area contributed by atoms with Crippen molar-refractivity contribution in [3.8, 4) is 0 Å². The molecule has 110 valence electrons. The molecule has 1 aromatic rings. The number of rotatable bonds is 6. The molecule has 20 heavy (non-hydrogen) atoms. The SMILES string of the molecule is CCC(C)NC(=O)C(C)OC(=O)Cc1cccc(N)c1. The van der Waals surface area contributed by atoms with E-state index in [0.717, 1.165) is 12.0 Å². The molecule has 1 rings (SSSR count). The molecule has 1 aromatic carbocycles. The molecular formula is C15H22N2O3. The van der Waals surface area contributed by atoms with Gasteiger partial charge in [0.25, 0.3) is 5.91 Å². The predicted molar refractivity (Wildman–Crippen MR) is 78.0 cm³/mol. The van der Waals surface area contributed by atoms with Crippen molar-refractivity contribution in [2.24, 2.45) is 0 Å². The summed E-state index contributed by atoms with van der Waals surface area (Å²) in [5, 5.41) is 2.77. The highest BCUT2D eigenvalue weighted by molar-refractivity contribution is 5.84. The summed E-state index contributed by atoms with van der Waals surface area (Å²) < 4.78 is 5.11. The molecule has 0 heterocycles. The summed E-state index contributed by atoms with van der Waals surface area (Å²) in [6.07, 6.45) is 0.138. The van der Waals surface area contributed by atoms with Gasteiger partial charge in [-0.2, -0.15) is 0 Å². The second-order valence-corrected chi connectivity index (χ2v) is 4.87. The Bertz CT molecular complexity index is 474. The van der Waals surface area contributed by atoms with Gasteiger partial charge < -0.3 is 15.8 Å². The summed E-state index contributed by atoms with van der Waals surface area (Å²) in [6, 6.07) is 7.10. The van der Waals surface area contributed by atoms with Crippen molar-refractivity contribution in [3.63, 3.8) is 0 Å². The van der Waals surface area contributed by atoms with Crippen LogP contribution in [-0.2, 0) is 20.7 Å². The molecule has 0 spiro atoms. The van der Waals surface area contributed by atoms with Crippen LogP contribution >= 0.6 is 0 Å². The van der Waals surface area contributed by atoms with Crippen molar-refractivity contribution in [2.45, 2.75) is 45.8 Å². The topological polar surface area (TPSA) is 81.4 Å². The summed E-state index contributed by atoms with van der Waals surface area (Å²) in [7, 11) is 0. The van der Waals surface area contributed by atoms with Gasteiger partial charge in [-0.1, -0.05) is 19.1 Å². The van der Waals surface area contributed by atoms with Crippen molar-refractivity contribution in [1.82, 2.24) is 5.32 Å². The van der Waals surface area contributed by atoms with Crippen LogP contribution in [-0.4, -0.2) is 24.0 Å². The van der Waals surface area contributed by atoms with Crippen LogP contribution in [0.4, 0.5) is 5.69 Å². The number of nitrogens with two attached hydrogens (primary N) is 1. The quantitative estimate of drug-likeness (QED) is 0.612. The Balaban J connectivity index is 2.47. The van der Waals surface area contributed by atoms with E-state index in [4.69, 9.17) is 10.5 Å². The van der Waals surface area contributed by atoms with Crippen LogP contribution in [0.25, 0.3) is 0 Å². The summed E-state index contributed by atoms with van der Waals surface area (Å²) in [6.45, 7) is 5.44. The van der Waals surface area contributed by atoms with Gasteiger partial charge in [0.05, 0.1) is 6.42 Å². The first-order valence-electron chi connectivity index (χ1n) is 6.76. The van der Waals surface area contributed by atoms with E-state index in [0.29, 0.717) is 5.69 Å². The maximum absolute atomic E-state index is 11.8. The highest BCUT2D eigenvalue weighted by atomic mass is 16.5. The van der Waals surface area contributed by atoms with Gasteiger partial charge in [0.1, 0.15) is 0 Å². The largest absolute Gasteiger partial charge is 0.452 e. The zero-order valence-electron chi connectivity index (χ0n) is 12.2. The van der Waals surface area contributed by atoms with E-state index in [1.807, 2.05) is 13.8 Å². The third-order valence-electron chi connectivity index (χ3n) is 2.98. The van der Waals surface area contributed by atoms with Gasteiger partial charge in [-0.25, -0.2) is 0 Å². The Hall–Kier alpha value is -2.04. The first kappa shape index (κ1) is 16.0. The van der Waals surface area contributed by atoms with E-state index in [1.54, 1.807) is 31.2 Å². The number of carbonyl (C=O) groups excluding carboxylic acids is 2. The summed E-state index contributed by atoms with van der Waals surface area (Å²) in [4.78, 5) is 23.5. The Morgan fingerprint density at radius 2 is 2.05 bits per heavy atom. The molecule has 5 heteroatoms. The lowest BCUT2D eigenvalue weighted by Gasteiger charge is -2.16.